The van der Waals surface area contributed by atoms with Gasteiger partial charge in [0.2, 0.25) is 0 Å². The Balaban J connectivity index is 2.17. The SMILES string of the molecule is CCn1ncnc1CC(CCl)c1ccc(Cl)cc1. The van der Waals surface area contributed by atoms with E-state index in [1.54, 1.807) is 6.33 Å². The lowest BCUT2D eigenvalue weighted by molar-refractivity contribution is 0.590. The highest BCUT2D eigenvalue weighted by atomic mass is 35.5. The van der Waals surface area contributed by atoms with Gasteiger partial charge >= 0.3 is 0 Å². The summed E-state index contributed by atoms with van der Waals surface area (Å²) in [6, 6.07) is 7.81. The van der Waals surface area contributed by atoms with E-state index >= 15 is 0 Å². The summed E-state index contributed by atoms with van der Waals surface area (Å²) in [4.78, 5) is 4.28. The summed E-state index contributed by atoms with van der Waals surface area (Å²) in [5.74, 6) is 1.76. The van der Waals surface area contributed by atoms with E-state index in [0.717, 1.165) is 23.8 Å². The monoisotopic (exact) mass is 283 g/mol. The highest BCUT2D eigenvalue weighted by Crippen LogP contribution is 2.23. The number of hydrogen-bond donors (Lipinski definition) is 0. The number of rotatable bonds is 5. The molecule has 2 rings (SSSR count). The van der Waals surface area contributed by atoms with Gasteiger partial charge in [-0.25, -0.2) is 4.98 Å². The molecule has 1 atom stereocenters. The van der Waals surface area contributed by atoms with Gasteiger partial charge < -0.3 is 0 Å². The lowest BCUT2D eigenvalue weighted by atomic mass is 9.97. The highest BCUT2D eigenvalue weighted by molar-refractivity contribution is 6.30. The first-order chi connectivity index (χ1) is 8.74. The molecular weight excluding hydrogens is 269 g/mol. The maximum atomic E-state index is 6.06. The number of aryl methyl sites for hydroxylation is 1. The van der Waals surface area contributed by atoms with Crippen molar-refractivity contribution in [2.24, 2.45) is 0 Å². The molecule has 0 fully saturated rings. The third-order valence-corrected chi connectivity index (χ3v) is 3.58. The first-order valence-electron chi connectivity index (χ1n) is 5.92. The minimum atomic E-state index is 0.235. The normalized spacial score (nSPS) is 12.6. The molecule has 1 unspecified atom stereocenters. The standard InChI is InChI=1S/C13H15Cl2N3/c1-2-18-13(16-9-17-18)7-11(8-14)10-3-5-12(15)6-4-10/h3-6,9,11H,2,7-8H2,1H3. The zero-order chi connectivity index (χ0) is 13.0. The second-order valence-electron chi connectivity index (χ2n) is 4.10. The predicted octanol–water partition coefficient (Wildman–Crippen LogP) is 3.52. The van der Waals surface area contributed by atoms with Gasteiger partial charge in [0.25, 0.3) is 0 Å². The second kappa shape index (κ2) is 6.21. The maximum absolute atomic E-state index is 6.06. The Kier molecular flexibility index (Phi) is 4.61. The van der Waals surface area contributed by atoms with Crippen molar-refractivity contribution in [3.8, 4) is 0 Å². The fraction of sp³-hybridized carbons (Fsp3) is 0.385. The van der Waals surface area contributed by atoms with Gasteiger partial charge in [-0.1, -0.05) is 23.7 Å². The maximum Gasteiger partial charge on any atom is 0.138 e. The van der Waals surface area contributed by atoms with Crippen LogP contribution >= 0.6 is 23.2 Å². The van der Waals surface area contributed by atoms with Gasteiger partial charge in [0.1, 0.15) is 12.2 Å². The van der Waals surface area contributed by atoms with Crippen LogP contribution in [0.3, 0.4) is 0 Å². The molecule has 0 saturated carbocycles. The zero-order valence-electron chi connectivity index (χ0n) is 10.2. The zero-order valence-corrected chi connectivity index (χ0v) is 11.7. The Morgan fingerprint density at radius 2 is 2.00 bits per heavy atom. The fourth-order valence-electron chi connectivity index (χ4n) is 1.93. The van der Waals surface area contributed by atoms with Crippen LogP contribution in [-0.2, 0) is 13.0 Å². The number of halogens is 2. The molecule has 3 nitrogen and oxygen atoms in total. The van der Waals surface area contributed by atoms with Gasteiger partial charge in [-0.2, -0.15) is 5.10 Å². The van der Waals surface area contributed by atoms with Crippen molar-refractivity contribution in [1.29, 1.82) is 0 Å². The molecule has 5 heteroatoms. The van der Waals surface area contributed by atoms with E-state index in [2.05, 4.69) is 17.0 Å². The molecule has 1 heterocycles. The van der Waals surface area contributed by atoms with E-state index in [9.17, 15) is 0 Å². The van der Waals surface area contributed by atoms with Crippen LogP contribution in [0.5, 0.6) is 0 Å². The van der Waals surface area contributed by atoms with E-state index in [4.69, 9.17) is 23.2 Å². The van der Waals surface area contributed by atoms with Crippen LogP contribution in [0.15, 0.2) is 30.6 Å². The number of nitrogens with zero attached hydrogens (tertiary/aromatic N) is 3. The molecule has 0 spiro atoms. The third kappa shape index (κ3) is 3.03. The molecule has 0 bridgehead atoms. The Morgan fingerprint density at radius 3 is 2.61 bits per heavy atom. The summed E-state index contributed by atoms with van der Waals surface area (Å²) in [7, 11) is 0. The fourth-order valence-corrected chi connectivity index (χ4v) is 2.34. The topological polar surface area (TPSA) is 30.7 Å². The van der Waals surface area contributed by atoms with Crippen LogP contribution in [0.25, 0.3) is 0 Å². The van der Waals surface area contributed by atoms with Crippen LogP contribution in [0.2, 0.25) is 5.02 Å². The van der Waals surface area contributed by atoms with Crippen LogP contribution in [0, 0.1) is 0 Å². The van der Waals surface area contributed by atoms with Crippen molar-refractivity contribution in [3.63, 3.8) is 0 Å². The lowest BCUT2D eigenvalue weighted by Crippen LogP contribution is -2.11. The summed E-state index contributed by atoms with van der Waals surface area (Å²) in [6.07, 6.45) is 2.38. The number of aromatic nitrogens is 3. The molecule has 18 heavy (non-hydrogen) atoms. The molecule has 0 aliphatic rings. The van der Waals surface area contributed by atoms with E-state index in [-0.39, 0.29) is 5.92 Å². The Hall–Kier alpha value is -1.06. The smallest absolute Gasteiger partial charge is 0.138 e. The molecular formula is C13H15Cl2N3. The van der Waals surface area contributed by atoms with Crippen LogP contribution < -0.4 is 0 Å². The van der Waals surface area contributed by atoms with Gasteiger partial charge in [0, 0.05) is 29.8 Å². The minimum absolute atomic E-state index is 0.235. The molecule has 1 aromatic carbocycles. The highest BCUT2D eigenvalue weighted by Gasteiger charge is 2.14. The molecule has 96 valence electrons. The quantitative estimate of drug-likeness (QED) is 0.786. The second-order valence-corrected chi connectivity index (χ2v) is 4.84. The summed E-state index contributed by atoms with van der Waals surface area (Å²) >= 11 is 12.0. The molecule has 0 amide bonds. The summed E-state index contributed by atoms with van der Waals surface area (Å²) < 4.78 is 1.90. The van der Waals surface area contributed by atoms with Gasteiger partial charge in [-0.15, -0.1) is 11.6 Å². The molecule has 1 aromatic heterocycles. The van der Waals surface area contributed by atoms with Crippen LogP contribution in [0.1, 0.15) is 24.2 Å². The van der Waals surface area contributed by atoms with Gasteiger partial charge in [0.15, 0.2) is 0 Å². The van der Waals surface area contributed by atoms with Crippen molar-refractivity contribution in [1.82, 2.24) is 14.8 Å². The molecule has 0 N–H and O–H groups in total. The van der Waals surface area contributed by atoms with E-state index < -0.39 is 0 Å². The summed E-state index contributed by atoms with van der Waals surface area (Å²) in [5, 5.41) is 4.91. The Morgan fingerprint density at radius 1 is 1.28 bits per heavy atom. The average Bonchev–Trinajstić information content (AvgIpc) is 2.84. The number of hydrogen-bond acceptors (Lipinski definition) is 2. The van der Waals surface area contributed by atoms with E-state index in [0.29, 0.717) is 5.88 Å². The Labute approximate surface area is 117 Å². The van der Waals surface area contributed by atoms with Crippen molar-refractivity contribution >= 4 is 23.2 Å². The van der Waals surface area contributed by atoms with E-state index in [1.807, 2.05) is 28.9 Å². The third-order valence-electron chi connectivity index (χ3n) is 2.95. The lowest BCUT2D eigenvalue weighted by Gasteiger charge is -2.14. The summed E-state index contributed by atoms with van der Waals surface area (Å²) in [6.45, 7) is 2.88. The first-order valence-corrected chi connectivity index (χ1v) is 6.84. The molecule has 0 radical (unpaired) electrons. The van der Waals surface area contributed by atoms with Crippen molar-refractivity contribution in [2.45, 2.75) is 25.8 Å². The number of alkyl halides is 1. The predicted molar refractivity (Wildman–Crippen MR) is 74.3 cm³/mol. The van der Waals surface area contributed by atoms with Crippen molar-refractivity contribution in [3.05, 3.63) is 47.0 Å². The average molecular weight is 284 g/mol. The molecule has 0 saturated heterocycles. The van der Waals surface area contributed by atoms with Crippen LogP contribution in [0.4, 0.5) is 0 Å². The molecule has 2 aromatic rings. The largest absolute Gasteiger partial charge is 0.250 e. The molecule has 0 aliphatic heterocycles. The van der Waals surface area contributed by atoms with Crippen molar-refractivity contribution < 1.29 is 0 Å². The van der Waals surface area contributed by atoms with Gasteiger partial charge in [-0.3, -0.25) is 4.68 Å². The minimum Gasteiger partial charge on any atom is -0.250 e. The number of benzene rings is 1. The van der Waals surface area contributed by atoms with Gasteiger partial charge in [-0.05, 0) is 24.6 Å². The summed E-state index contributed by atoms with van der Waals surface area (Å²) in [5.41, 5.74) is 1.18. The molecule has 0 aliphatic carbocycles. The van der Waals surface area contributed by atoms with Crippen molar-refractivity contribution in [2.75, 3.05) is 5.88 Å². The van der Waals surface area contributed by atoms with E-state index in [1.165, 1.54) is 5.56 Å². The van der Waals surface area contributed by atoms with Crippen LogP contribution in [-0.4, -0.2) is 20.6 Å². The first kappa shape index (κ1) is 13.4. The Bertz CT molecular complexity index is 493. The van der Waals surface area contributed by atoms with Gasteiger partial charge in [0.05, 0.1) is 0 Å².